The molecular weight excluding hydrogens is 240 g/mol. The molecule has 0 aromatic carbocycles. The largest absolute Gasteiger partial charge is 0.356 e. The number of nitrogens with zero attached hydrogens (tertiary/aromatic N) is 2. The molecule has 5 nitrogen and oxygen atoms in total. The third-order valence-corrected chi connectivity index (χ3v) is 2.73. The molecule has 0 aliphatic heterocycles. The molecule has 2 N–H and O–H groups in total. The minimum absolute atomic E-state index is 0.158. The molecule has 0 spiro atoms. The van der Waals surface area contributed by atoms with E-state index in [1.165, 1.54) is 6.07 Å². The summed E-state index contributed by atoms with van der Waals surface area (Å²) in [5.41, 5.74) is 1.38. The lowest BCUT2D eigenvalue weighted by Crippen LogP contribution is -2.14. The van der Waals surface area contributed by atoms with Gasteiger partial charge in [-0.05, 0) is 24.5 Å². The Labute approximate surface area is 112 Å². The van der Waals surface area contributed by atoms with Crippen LogP contribution in [0.5, 0.6) is 0 Å². The lowest BCUT2D eigenvalue weighted by Gasteiger charge is -2.08. The highest BCUT2D eigenvalue weighted by Crippen LogP contribution is 2.14. The van der Waals surface area contributed by atoms with Crippen molar-refractivity contribution in [3.8, 4) is 11.3 Å². The van der Waals surface area contributed by atoms with Gasteiger partial charge in [-0.1, -0.05) is 13.8 Å². The molecule has 5 heteroatoms. The second-order valence-electron chi connectivity index (χ2n) is 4.82. The van der Waals surface area contributed by atoms with Crippen LogP contribution in [0.25, 0.3) is 11.3 Å². The summed E-state index contributed by atoms with van der Waals surface area (Å²) in [6.07, 6.45) is 4.40. The van der Waals surface area contributed by atoms with E-state index in [4.69, 9.17) is 0 Å². The number of H-pyrrole nitrogens is 1. The van der Waals surface area contributed by atoms with E-state index < -0.39 is 0 Å². The molecule has 0 bridgehead atoms. The van der Waals surface area contributed by atoms with E-state index in [0.29, 0.717) is 17.6 Å². The Kier molecular flexibility index (Phi) is 4.28. The first-order valence-corrected chi connectivity index (χ1v) is 6.41. The molecule has 0 fully saturated rings. The van der Waals surface area contributed by atoms with Gasteiger partial charge in [0.25, 0.3) is 5.56 Å². The highest BCUT2D eigenvalue weighted by atomic mass is 16.1. The van der Waals surface area contributed by atoms with Gasteiger partial charge in [0.2, 0.25) is 5.95 Å². The molecule has 0 aliphatic rings. The zero-order chi connectivity index (χ0) is 13.7. The van der Waals surface area contributed by atoms with Crippen LogP contribution in [-0.2, 0) is 0 Å². The van der Waals surface area contributed by atoms with E-state index in [-0.39, 0.29) is 5.56 Å². The van der Waals surface area contributed by atoms with Crippen LogP contribution in [-0.4, -0.2) is 21.5 Å². The van der Waals surface area contributed by atoms with Gasteiger partial charge in [-0.15, -0.1) is 0 Å². The fourth-order valence-electron chi connectivity index (χ4n) is 1.69. The number of hydrogen-bond acceptors (Lipinski definition) is 4. The zero-order valence-electron chi connectivity index (χ0n) is 11.2. The molecule has 0 radical (unpaired) electrons. The fourth-order valence-corrected chi connectivity index (χ4v) is 1.69. The molecule has 0 saturated heterocycles. The monoisotopic (exact) mass is 258 g/mol. The summed E-state index contributed by atoms with van der Waals surface area (Å²) in [6.45, 7) is 5.11. The molecular formula is C14H18N4O. The third kappa shape index (κ3) is 3.91. The van der Waals surface area contributed by atoms with Crippen LogP contribution >= 0.6 is 0 Å². The highest BCUT2D eigenvalue weighted by Gasteiger charge is 2.03. The Morgan fingerprint density at radius 3 is 2.74 bits per heavy atom. The maximum absolute atomic E-state index is 11.6. The van der Waals surface area contributed by atoms with Crippen LogP contribution in [0.3, 0.4) is 0 Å². The van der Waals surface area contributed by atoms with E-state index in [9.17, 15) is 4.79 Å². The van der Waals surface area contributed by atoms with Crippen molar-refractivity contribution in [2.75, 3.05) is 11.9 Å². The molecule has 0 aliphatic carbocycles. The zero-order valence-corrected chi connectivity index (χ0v) is 11.2. The second kappa shape index (κ2) is 6.13. The Morgan fingerprint density at radius 2 is 2.05 bits per heavy atom. The van der Waals surface area contributed by atoms with E-state index in [1.807, 2.05) is 12.1 Å². The smallest absolute Gasteiger partial charge is 0.252 e. The fraction of sp³-hybridized carbons (Fsp3) is 0.357. The Hall–Kier alpha value is -2.17. The number of rotatable bonds is 5. The molecule has 2 heterocycles. The topological polar surface area (TPSA) is 70.7 Å². The molecule has 100 valence electrons. The maximum Gasteiger partial charge on any atom is 0.252 e. The third-order valence-electron chi connectivity index (χ3n) is 2.73. The molecule has 19 heavy (non-hydrogen) atoms. The van der Waals surface area contributed by atoms with Crippen LogP contribution in [0.1, 0.15) is 20.3 Å². The molecule has 0 saturated carbocycles. The van der Waals surface area contributed by atoms with Gasteiger partial charge in [0.1, 0.15) is 0 Å². The number of aromatic nitrogens is 3. The number of aromatic amines is 1. The van der Waals surface area contributed by atoms with Crippen molar-refractivity contribution < 1.29 is 0 Å². The summed E-state index contributed by atoms with van der Waals surface area (Å²) in [6, 6.07) is 5.16. The normalized spacial score (nSPS) is 10.7. The van der Waals surface area contributed by atoms with Crippen molar-refractivity contribution in [2.24, 2.45) is 5.92 Å². The van der Waals surface area contributed by atoms with Gasteiger partial charge in [0.15, 0.2) is 0 Å². The summed E-state index contributed by atoms with van der Waals surface area (Å²) in [5.74, 6) is 1.13. The summed E-state index contributed by atoms with van der Waals surface area (Å²) < 4.78 is 0. The van der Waals surface area contributed by atoms with Gasteiger partial charge in [0.05, 0.1) is 5.69 Å². The lowest BCUT2D eigenvalue weighted by molar-refractivity contribution is 0.606. The van der Waals surface area contributed by atoms with Crippen molar-refractivity contribution in [3.63, 3.8) is 0 Å². The summed E-state index contributed by atoms with van der Waals surface area (Å²) in [5, 5.41) is 3.14. The van der Waals surface area contributed by atoms with Gasteiger partial charge >= 0.3 is 0 Å². The summed E-state index contributed by atoms with van der Waals surface area (Å²) in [4.78, 5) is 22.7. The Morgan fingerprint density at radius 1 is 1.32 bits per heavy atom. The molecule has 0 unspecified atom stereocenters. The second-order valence-corrected chi connectivity index (χ2v) is 4.82. The minimum atomic E-state index is -0.158. The molecule has 2 aromatic heterocycles. The Balaban J connectivity index is 2.18. The van der Waals surface area contributed by atoms with Gasteiger partial charge in [-0.25, -0.2) is 4.98 Å². The quantitative estimate of drug-likeness (QED) is 0.863. The SMILES string of the molecule is CC(C)CCNc1nc(-c2ccncc2)cc(=O)[nH]1. The Bertz CT molecular complexity index is 577. The van der Waals surface area contributed by atoms with E-state index in [2.05, 4.69) is 34.1 Å². The minimum Gasteiger partial charge on any atom is -0.356 e. The first kappa shape index (κ1) is 13.3. The first-order valence-electron chi connectivity index (χ1n) is 6.41. The van der Waals surface area contributed by atoms with Gasteiger partial charge in [-0.3, -0.25) is 14.8 Å². The standard InChI is InChI=1S/C14H18N4O/c1-10(2)3-8-16-14-17-12(9-13(19)18-14)11-4-6-15-7-5-11/h4-7,9-10H,3,8H2,1-2H3,(H2,16,17,18,19). The number of anilines is 1. The van der Waals surface area contributed by atoms with E-state index in [1.54, 1.807) is 12.4 Å². The first-order chi connectivity index (χ1) is 9.15. The summed E-state index contributed by atoms with van der Waals surface area (Å²) >= 11 is 0. The van der Waals surface area contributed by atoms with Crippen LogP contribution in [0.2, 0.25) is 0 Å². The predicted molar refractivity (Wildman–Crippen MR) is 76.0 cm³/mol. The molecule has 2 aromatic rings. The van der Waals surface area contributed by atoms with Crippen LogP contribution in [0.4, 0.5) is 5.95 Å². The van der Waals surface area contributed by atoms with Crippen molar-refractivity contribution in [1.29, 1.82) is 0 Å². The van der Waals surface area contributed by atoms with Crippen molar-refractivity contribution in [2.45, 2.75) is 20.3 Å². The lowest BCUT2D eigenvalue weighted by atomic mass is 10.1. The number of nitrogens with one attached hydrogen (secondary N) is 2. The molecule has 2 rings (SSSR count). The van der Waals surface area contributed by atoms with Gasteiger partial charge in [-0.2, -0.15) is 0 Å². The van der Waals surface area contributed by atoms with E-state index >= 15 is 0 Å². The number of hydrogen-bond donors (Lipinski definition) is 2. The van der Waals surface area contributed by atoms with Crippen molar-refractivity contribution >= 4 is 5.95 Å². The van der Waals surface area contributed by atoms with Crippen LogP contribution in [0.15, 0.2) is 35.4 Å². The molecule has 0 amide bonds. The highest BCUT2D eigenvalue weighted by molar-refractivity contribution is 5.58. The van der Waals surface area contributed by atoms with Gasteiger partial charge in [0, 0.05) is 30.6 Å². The average molecular weight is 258 g/mol. The van der Waals surface area contributed by atoms with Crippen molar-refractivity contribution in [1.82, 2.24) is 15.0 Å². The van der Waals surface area contributed by atoms with Gasteiger partial charge < -0.3 is 5.32 Å². The average Bonchev–Trinajstić information content (AvgIpc) is 2.39. The van der Waals surface area contributed by atoms with Crippen molar-refractivity contribution in [3.05, 3.63) is 40.9 Å². The van der Waals surface area contributed by atoms with E-state index in [0.717, 1.165) is 18.5 Å². The van der Waals surface area contributed by atoms with Crippen LogP contribution < -0.4 is 10.9 Å². The predicted octanol–water partition coefficient (Wildman–Crippen LogP) is 2.29. The maximum atomic E-state index is 11.6. The summed E-state index contributed by atoms with van der Waals surface area (Å²) in [7, 11) is 0. The molecule has 0 atom stereocenters. The number of pyridine rings is 1. The van der Waals surface area contributed by atoms with Crippen LogP contribution in [0, 0.1) is 5.92 Å².